The normalized spacial score (nSPS) is 23.0. The van der Waals surface area contributed by atoms with Gasteiger partial charge in [-0.15, -0.1) is 0 Å². The zero-order chi connectivity index (χ0) is 15.1. The Bertz CT molecular complexity index is 315. The molecular formula is C17H34N4. The third-order valence-electron chi connectivity index (χ3n) is 4.83. The van der Waals surface area contributed by atoms with E-state index in [2.05, 4.69) is 34.4 Å². The second kappa shape index (κ2) is 8.62. The zero-order valence-corrected chi connectivity index (χ0v) is 14.2. The van der Waals surface area contributed by atoms with Crippen molar-refractivity contribution in [3.63, 3.8) is 0 Å². The number of hydrogen-bond acceptors (Lipinski definition) is 2. The molecule has 0 aromatic rings. The summed E-state index contributed by atoms with van der Waals surface area (Å²) >= 11 is 0. The van der Waals surface area contributed by atoms with Crippen LogP contribution in [0.15, 0.2) is 4.99 Å². The minimum atomic E-state index is 0.631. The van der Waals surface area contributed by atoms with Crippen molar-refractivity contribution in [1.29, 1.82) is 0 Å². The Morgan fingerprint density at radius 1 is 1.14 bits per heavy atom. The third-order valence-corrected chi connectivity index (χ3v) is 4.83. The predicted molar refractivity (Wildman–Crippen MR) is 90.8 cm³/mol. The number of likely N-dealkylation sites (tertiary alicyclic amines) is 1. The molecule has 0 amide bonds. The SMILES string of the molecule is CN=C(NCC(CC(C)C)N1CCCC1)NC1CCCC1. The van der Waals surface area contributed by atoms with Gasteiger partial charge in [0.2, 0.25) is 0 Å². The van der Waals surface area contributed by atoms with Crippen molar-refractivity contribution in [2.75, 3.05) is 26.7 Å². The second-order valence-electron chi connectivity index (χ2n) is 7.11. The molecule has 0 aromatic carbocycles. The van der Waals surface area contributed by atoms with Crippen molar-refractivity contribution in [1.82, 2.24) is 15.5 Å². The largest absolute Gasteiger partial charge is 0.355 e. The molecule has 1 saturated carbocycles. The van der Waals surface area contributed by atoms with Crippen LogP contribution in [0.2, 0.25) is 0 Å². The first-order valence-electron chi connectivity index (χ1n) is 8.90. The number of nitrogens with zero attached hydrogens (tertiary/aromatic N) is 2. The molecule has 4 nitrogen and oxygen atoms in total. The lowest BCUT2D eigenvalue weighted by molar-refractivity contribution is 0.212. The van der Waals surface area contributed by atoms with Gasteiger partial charge in [0.25, 0.3) is 0 Å². The Morgan fingerprint density at radius 2 is 1.81 bits per heavy atom. The molecule has 0 bridgehead atoms. The summed E-state index contributed by atoms with van der Waals surface area (Å²) in [7, 11) is 1.89. The van der Waals surface area contributed by atoms with Gasteiger partial charge in [-0.05, 0) is 51.1 Å². The predicted octanol–water partition coefficient (Wildman–Crippen LogP) is 2.60. The highest BCUT2D eigenvalue weighted by atomic mass is 15.2. The van der Waals surface area contributed by atoms with Gasteiger partial charge < -0.3 is 10.6 Å². The van der Waals surface area contributed by atoms with E-state index in [1.54, 1.807) is 0 Å². The standard InChI is InChI=1S/C17H34N4/c1-14(2)12-16(21-10-6-7-11-21)13-19-17(18-3)20-15-8-4-5-9-15/h14-16H,4-13H2,1-3H3,(H2,18,19,20). The first-order chi connectivity index (χ1) is 10.2. The molecule has 1 aliphatic heterocycles. The highest BCUT2D eigenvalue weighted by Crippen LogP contribution is 2.18. The fourth-order valence-corrected chi connectivity index (χ4v) is 3.69. The highest BCUT2D eigenvalue weighted by Gasteiger charge is 2.23. The van der Waals surface area contributed by atoms with Crippen LogP contribution in [0.5, 0.6) is 0 Å². The van der Waals surface area contributed by atoms with Crippen molar-refractivity contribution >= 4 is 5.96 Å². The summed E-state index contributed by atoms with van der Waals surface area (Å²) in [4.78, 5) is 7.07. The molecule has 2 fully saturated rings. The summed E-state index contributed by atoms with van der Waals surface area (Å²) in [5.41, 5.74) is 0. The molecule has 1 heterocycles. The second-order valence-corrected chi connectivity index (χ2v) is 7.11. The minimum Gasteiger partial charge on any atom is -0.355 e. The maximum Gasteiger partial charge on any atom is 0.191 e. The summed E-state index contributed by atoms with van der Waals surface area (Å²) in [6, 6.07) is 1.28. The maximum atomic E-state index is 4.41. The average molecular weight is 294 g/mol. The maximum absolute atomic E-state index is 4.41. The van der Waals surface area contributed by atoms with Crippen LogP contribution in [0, 0.1) is 5.92 Å². The molecule has 4 heteroatoms. The molecule has 1 saturated heterocycles. The zero-order valence-electron chi connectivity index (χ0n) is 14.2. The van der Waals surface area contributed by atoms with E-state index < -0.39 is 0 Å². The van der Waals surface area contributed by atoms with Gasteiger partial charge in [0.05, 0.1) is 0 Å². The van der Waals surface area contributed by atoms with E-state index >= 15 is 0 Å². The van der Waals surface area contributed by atoms with Crippen LogP contribution in [0.1, 0.15) is 58.8 Å². The number of nitrogens with one attached hydrogen (secondary N) is 2. The van der Waals surface area contributed by atoms with Gasteiger partial charge in [0.1, 0.15) is 0 Å². The summed E-state index contributed by atoms with van der Waals surface area (Å²) in [6.45, 7) is 8.22. The lowest BCUT2D eigenvalue weighted by atomic mass is 10.0. The van der Waals surface area contributed by atoms with Crippen LogP contribution in [-0.4, -0.2) is 49.6 Å². The molecule has 2 aliphatic rings. The molecule has 1 aliphatic carbocycles. The van der Waals surface area contributed by atoms with Crippen LogP contribution in [0.4, 0.5) is 0 Å². The Labute approximate surface area is 130 Å². The van der Waals surface area contributed by atoms with Gasteiger partial charge in [0.15, 0.2) is 5.96 Å². The van der Waals surface area contributed by atoms with E-state index in [0.717, 1.165) is 18.4 Å². The van der Waals surface area contributed by atoms with Gasteiger partial charge in [-0.1, -0.05) is 26.7 Å². The van der Waals surface area contributed by atoms with Gasteiger partial charge >= 0.3 is 0 Å². The number of aliphatic imine (C=N–C) groups is 1. The van der Waals surface area contributed by atoms with Gasteiger partial charge in [-0.2, -0.15) is 0 Å². The Morgan fingerprint density at radius 3 is 2.38 bits per heavy atom. The Hall–Kier alpha value is -0.770. The van der Waals surface area contributed by atoms with Gasteiger partial charge in [0, 0.05) is 25.7 Å². The molecule has 1 unspecified atom stereocenters. The molecule has 122 valence electrons. The van der Waals surface area contributed by atoms with Crippen molar-refractivity contribution in [3.05, 3.63) is 0 Å². The van der Waals surface area contributed by atoms with Gasteiger partial charge in [-0.3, -0.25) is 9.89 Å². The lowest BCUT2D eigenvalue weighted by Gasteiger charge is -2.30. The first-order valence-corrected chi connectivity index (χ1v) is 8.90. The molecule has 1 atom stereocenters. The van der Waals surface area contributed by atoms with Crippen LogP contribution in [0.25, 0.3) is 0 Å². The Balaban J connectivity index is 1.80. The Kier molecular flexibility index (Phi) is 6.81. The van der Waals surface area contributed by atoms with E-state index in [1.165, 1.54) is 58.0 Å². The monoisotopic (exact) mass is 294 g/mol. The number of hydrogen-bond donors (Lipinski definition) is 2. The first kappa shape index (κ1) is 16.6. The number of guanidine groups is 1. The average Bonchev–Trinajstić information content (AvgIpc) is 3.14. The van der Waals surface area contributed by atoms with E-state index in [1.807, 2.05) is 7.05 Å². The van der Waals surface area contributed by atoms with Crippen molar-refractivity contribution < 1.29 is 0 Å². The van der Waals surface area contributed by atoms with Crippen LogP contribution < -0.4 is 10.6 Å². The van der Waals surface area contributed by atoms with Crippen molar-refractivity contribution in [2.45, 2.75) is 70.9 Å². The van der Waals surface area contributed by atoms with E-state index in [-0.39, 0.29) is 0 Å². The fourth-order valence-electron chi connectivity index (χ4n) is 3.69. The molecule has 0 radical (unpaired) electrons. The van der Waals surface area contributed by atoms with Gasteiger partial charge in [-0.25, -0.2) is 0 Å². The molecule has 0 spiro atoms. The summed E-state index contributed by atoms with van der Waals surface area (Å²) in [5, 5.41) is 7.16. The van der Waals surface area contributed by atoms with Crippen molar-refractivity contribution in [3.8, 4) is 0 Å². The quantitative estimate of drug-likeness (QED) is 0.584. The molecular weight excluding hydrogens is 260 g/mol. The van der Waals surface area contributed by atoms with Crippen LogP contribution in [-0.2, 0) is 0 Å². The van der Waals surface area contributed by atoms with Crippen LogP contribution in [0.3, 0.4) is 0 Å². The molecule has 21 heavy (non-hydrogen) atoms. The highest BCUT2D eigenvalue weighted by molar-refractivity contribution is 5.80. The fraction of sp³-hybridized carbons (Fsp3) is 0.941. The molecule has 0 aromatic heterocycles. The van der Waals surface area contributed by atoms with E-state index in [0.29, 0.717) is 12.1 Å². The smallest absolute Gasteiger partial charge is 0.191 e. The van der Waals surface area contributed by atoms with Crippen molar-refractivity contribution in [2.24, 2.45) is 10.9 Å². The summed E-state index contributed by atoms with van der Waals surface area (Å²) in [5.74, 6) is 1.75. The lowest BCUT2D eigenvalue weighted by Crippen LogP contribution is -2.48. The third kappa shape index (κ3) is 5.50. The minimum absolute atomic E-state index is 0.631. The number of rotatable bonds is 6. The summed E-state index contributed by atoms with van der Waals surface area (Å²) < 4.78 is 0. The van der Waals surface area contributed by atoms with E-state index in [9.17, 15) is 0 Å². The van der Waals surface area contributed by atoms with E-state index in [4.69, 9.17) is 0 Å². The topological polar surface area (TPSA) is 39.7 Å². The molecule has 2 rings (SSSR count). The molecule has 2 N–H and O–H groups in total. The summed E-state index contributed by atoms with van der Waals surface area (Å²) in [6.07, 6.45) is 9.31. The van der Waals surface area contributed by atoms with Crippen LogP contribution >= 0.6 is 0 Å².